The molecule has 4 heteroatoms. The fraction of sp³-hybridized carbons (Fsp3) is 0.533. The summed E-state index contributed by atoms with van der Waals surface area (Å²) in [5.74, 6) is 0.870. The van der Waals surface area contributed by atoms with Crippen LogP contribution in [0.25, 0.3) is 0 Å². The minimum atomic E-state index is -0.107. The summed E-state index contributed by atoms with van der Waals surface area (Å²) < 4.78 is 5.57. The average molecular weight is 264 g/mol. The molecule has 0 fully saturated rings. The van der Waals surface area contributed by atoms with Gasteiger partial charge < -0.3 is 15.4 Å². The van der Waals surface area contributed by atoms with Crippen molar-refractivity contribution in [3.8, 4) is 5.75 Å². The Morgan fingerprint density at radius 2 is 2.00 bits per heavy atom. The fourth-order valence-corrected chi connectivity index (χ4v) is 1.48. The van der Waals surface area contributed by atoms with E-state index in [1.54, 1.807) is 0 Å². The lowest BCUT2D eigenvalue weighted by atomic mass is 10.2. The number of hydrogen-bond donors (Lipinski definition) is 2. The summed E-state index contributed by atoms with van der Waals surface area (Å²) in [6.07, 6.45) is 1.73. The third kappa shape index (κ3) is 6.70. The molecule has 1 rings (SSSR count). The predicted octanol–water partition coefficient (Wildman–Crippen LogP) is 2.86. The lowest BCUT2D eigenvalue weighted by Crippen LogP contribution is -2.41. The van der Waals surface area contributed by atoms with Gasteiger partial charge in [0.15, 0.2) is 0 Å². The zero-order valence-corrected chi connectivity index (χ0v) is 12.0. The molecule has 0 bridgehead atoms. The number of ether oxygens (including phenoxy) is 1. The van der Waals surface area contributed by atoms with E-state index in [-0.39, 0.29) is 12.1 Å². The average Bonchev–Trinajstić information content (AvgIpc) is 2.40. The number of aryl methyl sites for hydroxylation is 1. The Labute approximate surface area is 115 Å². The molecular weight excluding hydrogens is 240 g/mol. The molecule has 0 aliphatic heterocycles. The summed E-state index contributed by atoms with van der Waals surface area (Å²) in [7, 11) is 0. The van der Waals surface area contributed by atoms with Crippen molar-refractivity contribution in [3.05, 3.63) is 29.8 Å². The number of benzene rings is 1. The molecule has 0 heterocycles. The summed E-state index contributed by atoms with van der Waals surface area (Å²) >= 11 is 0. The van der Waals surface area contributed by atoms with Crippen molar-refractivity contribution in [2.75, 3.05) is 13.2 Å². The molecule has 0 saturated heterocycles. The second-order valence-electron chi connectivity index (χ2n) is 4.72. The lowest BCUT2D eigenvalue weighted by molar-refractivity contribution is 0.236. The van der Waals surface area contributed by atoms with Crippen molar-refractivity contribution in [1.29, 1.82) is 0 Å². The Balaban J connectivity index is 2.08. The van der Waals surface area contributed by atoms with Gasteiger partial charge in [0.25, 0.3) is 0 Å². The maximum atomic E-state index is 11.4. The van der Waals surface area contributed by atoms with Crippen LogP contribution in [0.5, 0.6) is 5.75 Å². The van der Waals surface area contributed by atoms with E-state index in [9.17, 15) is 4.79 Å². The highest BCUT2D eigenvalue weighted by Crippen LogP contribution is 2.11. The van der Waals surface area contributed by atoms with Crippen LogP contribution in [0.3, 0.4) is 0 Å². The first-order valence-electron chi connectivity index (χ1n) is 6.85. The van der Waals surface area contributed by atoms with Gasteiger partial charge in [-0.15, -0.1) is 0 Å². The molecule has 106 valence electrons. The number of urea groups is 1. The van der Waals surface area contributed by atoms with Crippen molar-refractivity contribution in [3.63, 3.8) is 0 Å². The first kappa shape index (κ1) is 15.3. The minimum Gasteiger partial charge on any atom is -0.494 e. The van der Waals surface area contributed by atoms with Crippen LogP contribution in [0, 0.1) is 6.92 Å². The van der Waals surface area contributed by atoms with Gasteiger partial charge in [-0.25, -0.2) is 4.79 Å². The summed E-state index contributed by atoms with van der Waals surface area (Å²) in [4.78, 5) is 11.4. The molecule has 19 heavy (non-hydrogen) atoms. The van der Waals surface area contributed by atoms with E-state index in [0.717, 1.165) is 18.6 Å². The molecule has 1 atom stereocenters. The van der Waals surface area contributed by atoms with Gasteiger partial charge in [0.1, 0.15) is 5.75 Å². The van der Waals surface area contributed by atoms with Gasteiger partial charge in [-0.1, -0.05) is 24.6 Å². The van der Waals surface area contributed by atoms with Crippen LogP contribution in [0.4, 0.5) is 4.79 Å². The normalized spacial score (nSPS) is 11.7. The molecule has 1 unspecified atom stereocenters. The smallest absolute Gasteiger partial charge is 0.314 e. The molecule has 0 spiro atoms. The molecule has 1 aromatic rings. The maximum absolute atomic E-state index is 11.4. The van der Waals surface area contributed by atoms with Gasteiger partial charge in [-0.05, 0) is 38.8 Å². The van der Waals surface area contributed by atoms with Gasteiger partial charge in [-0.2, -0.15) is 0 Å². The zero-order valence-electron chi connectivity index (χ0n) is 12.0. The number of carbonyl (C=O) groups is 1. The fourth-order valence-electron chi connectivity index (χ4n) is 1.48. The highest BCUT2D eigenvalue weighted by molar-refractivity contribution is 5.74. The number of hydrogen-bond acceptors (Lipinski definition) is 2. The van der Waals surface area contributed by atoms with Crippen LogP contribution in [0.2, 0.25) is 0 Å². The Kier molecular flexibility index (Phi) is 6.79. The first-order valence-corrected chi connectivity index (χ1v) is 6.85. The lowest BCUT2D eigenvalue weighted by Gasteiger charge is -2.12. The van der Waals surface area contributed by atoms with Crippen LogP contribution in [-0.2, 0) is 0 Å². The summed E-state index contributed by atoms with van der Waals surface area (Å²) in [6.45, 7) is 7.30. The Hall–Kier alpha value is -1.71. The van der Waals surface area contributed by atoms with Crippen molar-refractivity contribution in [1.82, 2.24) is 10.6 Å². The van der Waals surface area contributed by atoms with Gasteiger partial charge in [0.05, 0.1) is 6.61 Å². The molecular formula is C15H24N2O2. The minimum absolute atomic E-state index is 0.107. The molecule has 4 nitrogen and oxygen atoms in total. The third-order valence-electron chi connectivity index (χ3n) is 2.89. The van der Waals surface area contributed by atoms with E-state index < -0.39 is 0 Å². The van der Waals surface area contributed by atoms with E-state index in [0.29, 0.717) is 13.2 Å². The number of rotatable bonds is 7. The standard InChI is InChI=1S/C15H24N2O2/c1-4-13(3)17-15(18)16-10-5-11-19-14-8-6-12(2)7-9-14/h6-9,13H,4-5,10-11H2,1-3H3,(H2,16,17,18). The zero-order chi connectivity index (χ0) is 14.1. The molecule has 2 N–H and O–H groups in total. The topological polar surface area (TPSA) is 50.4 Å². The predicted molar refractivity (Wildman–Crippen MR) is 77.6 cm³/mol. The molecule has 2 amide bonds. The Morgan fingerprint density at radius 3 is 2.63 bits per heavy atom. The van der Waals surface area contributed by atoms with Gasteiger partial charge >= 0.3 is 6.03 Å². The van der Waals surface area contributed by atoms with Gasteiger partial charge in [-0.3, -0.25) is 0 Å². The third-order valence-corrected chi connectivity index (χ3v) is 2.89. The van der Waals surface area contributed by atoms with Crippen LogP contribution in [0.15, 0.2) is 24.3 Å². The second-order valence-corrected chi connectivity index (χ2v) is 4.72. The van der Waals surface area contributed by atoms with Crippen LogP contribution in [0.1, 0.15) is 32.3 Å². The van der Waals surface area contributed by atoms with Crippen molar-refractivity contribution < 1.29 is 9.53 Å². The quantitative estimate of drug-likeness (QED) is 0.744. The highest BCUT2D eigenvalue weighted by atomic mass is 16.5. The summed E-state index contributed by atoms with van der Waals surface area (Å²) in [6, 6.07) is 8.06. The van der Waals surface area contributed by atoms with Crippen LogP contribution < -0.4 is 15.4 Å². The second kappa shape index (κ2) is 8.40. The molecule has 0 aliphatic carbocycles. The van der Waals surface area contributed by atoms with Crippen molar-refractivity contribution in [2.45, 2.75) is 39.7 Å². The Morgan fingerprint density at radius 1 is 1.32 bits per heavy atom. The SMILES string of the molecule is CCC(C)NC(=O)NCCCOc1ccc(C)cc1. The van der Waals surface area contributed by atoms with E-state index in [2.05, 4.69) is 10.6 Å². The molecule has 0 aromatic heterocycles. The van der Waals surface area contributed by atoms with E-state index in [4.69, 9.17) is 4.74 Å². The summed E-state index contributed by atoms with van der Waals surface area (Å²) in [5.41, 5.74) is 1.22. The summed E-state index contributed by atoms with van der Waals surface area (Å²) in [5, 5.41) is 5.67. The van der Waals surface area contributed by atoms with E-state index in [1.165, 1.54) is 5.56 Å². The van der Waals surface area contributed by atoms with Crippen molar-refractivity contribution >= 4 is 6.03 Å². The highest BCUT2D eigenvalue weighted by Gasteiger charge is 2.03. The maximum Gasteiger partial charge on any atom is 0.314 e. The monoisotopic (exact) mass is 264 g/mol. The molecule has 0 saturated carbocycles. The number of carbonyl (C=O) groups excluding carboxylic acids is 1. The number of nitrogens with one attached hydrogen (secondary N) is 2. The van der Waals surface area contributed by atoms with Gasteiger partial charge in [0, 0.05) is 12.6 Å². The number of amides is 2. The molecule has 0 radical (unpaired) electrons. The van der Waals surface area contributed by atoms with Crippen molar-refractivity contribution in [2.24, 2.45) is 0 Å². The largest absolute Gasteiger partial charge is 0.494 e. The van der Waals surface area contributed by atoms with Crippen LogP contribution >= 0.6 is 0 Å². The van der Waals surface area contributed by atoms with Gasteiger partial charge in [0.2, 0.25) is 0 Å². The Bertz CT molecular complexity index is 376. The molecule has 0 aliphatic rings. The van der Waals surface area contributed by atoms with E-state index >= 15 is 0 Å². The van der Waals surface area contributed by atoms with Crippen LogP contribution in [-0.4, -0.2) is 25.2 Å². The molecule has 1 aromatic carbocycles. The first-order chi connectivity index (χ1) is 9.11. The van der Waals surface area contributed by atoms with E-state index in [1.807, 2.05) is 45.0 Å².